The molecule has 0 fully saturated rings. The average molecular weight is 356 g/mol. The summed E-state index contributed by atoms with van der Waals surface area (Å²) < 4.78 is 17.2. The predicted molar refractivity (Wildman–Crippen MR) is 83.0 cm³/mol. The van der Waals surface area contributed by atoms with Gasteiger partial charge in [-0.05, 0) is 25.1 Å². The minimum Gasteiger partial charge on any atom is -0.332 e. The Morgan fingerprint density at radius 2 is 2.35 bits per heavy atom. The fraction of sp³-hybridized carbons (Fsp3) is 0.357. The van der Waals surface area contributed by atoms with Crippen molar-refractivity contribution in [3.8, 4) is 0 Å². The van der Waals surface area contributed by atoms with Crippen molar-refractivity contribution in [3.63, 3.8) is 0 Å². The summed E-state index contributed by atoms with van der Waals surface area (Å²) in [5.74, 6) is 1.52. The summed E-state index contributed by atoms with van der Waals surface area (Å²) in [5.41, 5.74) is 1.39. The number of hydrogen-bond acceptors (Lipinski definition) is 3. The Morgan fingerprint density at radius 3 is 3.20 bits per heavy atom. The number of nitrogens with one attached hydrogen (secondary N) is 1. The van der Waals surface area contributed by atoms with Crippen LogP contribution in [0.15, 0.2) is 35.2 Å². The summed E-state index contributed by atoms with van der Waals surface area (Å²) in [7, 11) is 0. The number of benzene rings is 1. The predicted octanol–water partition coefficient (Wildman–Crippen LogP) is 3.49. The molecule has 0 saturated carbocycles. The zero-order chi connectivity index (χ0) is 14.2. The highest BCUT2D eigenvalue weighted by Crippen LogP contribution is 2.31. The topological polar surface area (TPSA) is 29.9 Å². The Kier molecular flexibility index (Phi) is 3.88. The molecule has 0 spiro atoms. The molecular weight excluding hydrogens is 341 g/mol. The molecule has 2 heterocycles. The van der Waals surface area contributed by atoms with E-state index in [0.29, 0.717) is 12.1 Å². The summed E-state index contributed by atoms with van der Waals surface area (Å²) in [6, 6.07) is 5.08. The lowest BCUT2D eigenvalue weighted by molar-refractivity contribution is 0.317. The van der Waals surface area contributed by atoms with Gasteiger partial charge in [0.1, 0.15) is 5.82 Å². The minimum atomic E-state index is -0.462. The van der Waals surface area contributed by atoms with Crippen LogP contribution in [0, 0.1) is 5.82 Å². The highest BCUT2D eigenvalue weighted by atomic mass is 79.9. The van der Waals surface area contributed by atoms with Crippen LogP contribution >= 0.6 is 27.7 Å². The maximum absolute atomic E-state index is 14.2. The lowest BCUT2D eigenvalue weighted by Crippen LogP contribution is -2.44. The second-order valence-corrected chi connectivity index (χ2v) is 7.04. The van der Waals surface area contributed by atoms with Crippen LogP contribution < -0.4 is 5.32 Å². The van der Waals surface area contributed by atoms with E-state index in [1.807, 2.05) is 25.5 Å². The minimum absolute atomic E-state index is 0.185. The fourth-order valence-corrected chi connectivity index (χ4v) is 3.81. The number of hydrogen-bond donors (Lipinski definition) is 1. The van der Waals surface area contributed by atoms with Crippen LogP contribution in [-0.2, 0) is 17.8 Å². The van der Waals surface area contributed by atoms with Gasteiger partial charge in [-0.2, -0.15) is 0 Å². The van der Waals surface area contributed by atoms with E-state index in [1.54, 1.807) is 17.8 Å². The first-order chi connectivity index (χ1) is 9.58. The molecule has 1 N–H and O–H groups in total. The van der Waals surface area contributed by atoms with Gasteiger partial charge in [-0.3, -0.25) is 5.32 Å². The molecule has 1 aliphatic heterocycles. The molecule has 3 rings (SSSR count). The van der Waals surface area contributed by atoms with Crippen LogP contribution in [0.2, 0.25) is 0 Å². The maximum atomic E-state index is 14.2. The molecule has 2 aromatic rings. The molecular formula is C14H15BrFN3S. The average Bonchev–Trinajstić information content (AvgIpc) is 2.82. The summed E-state index contributed by atoms with van der Waals surface area (Å²) >= 11 is 5.20. The summed E-state index contributed by atoms with van der Waals surface area (Å²) in [5, 5.41) is 3.47. The number of nitrogens with zero attached hydrogens (tertiary/aromatic N) is 2. The van der Waals surface area contributed by atoms with Gasteiger partial charge in [-0.25, -0.2) is 9.37 Å². The van der Waals surface area contributed by atoms with Crippen molar-refractivity contribution < 1.29 is 4.39 Å². The molecule has 0 unspecified atom stereocenters. The first-order valence-corrected chi connectivity index (χ1v) is 8.30. The van der Waals surface area contributed by atoms with Gasteiger partial charge < -0.3 is 4.57 Å². The Bertz CT molecular complexity index is 631. The van der Waals surface area contributed by atoms with Gasteiger partial charge in [-0.15, -0.1) is 11.8 Å². The lowest BCUT2D eigenvalue weighted by atomic mass is 9.91. The van der Waals surface area contributed by atoms with Gasteiger partial charge in [0.15, 0.2) is 0 Å². The Morgan fingerprint density at radius 1 is 1.50 bits per heavy atom. The van der Waals surface area contributed by atoms with Crippen molar-refractivity contribution >= 4 is 27.7 Å². The van der Waals surface area contributed by atoms with Crippen LogP contribution in [0.1, 0.15) is 18.2 Å². The van der Waals surface area contributed by atoms with Crippen molar-refractivity contribution in [2.75, 3.05) is 5.88 Å². The lowest BCUT2D eigenvalue weighted by Gasteiger charge is -2.34. The Balaban J connectivity index is 2.04. The first-order valence-electron chi connectivity index (χ1n) is 6.36. The van der Waals surface area contributed by atoms with E-state index in [2.05, 4.69) is 30.8 Å². The van der Waals surface area contributed by atoms with E-state index in [4.69, 9.17) is 0 Å². The van der Waals surface area contributed by atoms with E-state index in [1.165, 1.54) is 11.8 Å². The number of aromatic nitrogens is 2. The fourth-order valence-electron chi connectivity index (χ4n) is 2.47. The third-order valence-electron chi connectivity index (χ3n) is 3.62. The molecule has 20 heavy (non-hydrogen) atoms. The molecule has 1 atom stereocenters. The standard InChI is InChI=1S/C14H15BrFN3S/c1-14(12-4-10(15)2-3-13(12)16)7-19-8-17-5-11(19)6-20-9-18-14/h2-5,8,18H,6-7,9H2,1H3/t14-/m0/s1. The number of rotatable bonds is 1. The first kappa shape index (κ1) is 14.1. The van der Waals surface area contributed by atoms with Gasteiger partial charge >= 0.3 is 0 Å². The van der Waals surface area contributed by atoms with Crippen LogP contribution in [0.3, 0.4) is 0 Å². The molecule has 0 amide bonds. The summed E-state index contributed by atoms with van der Waals surface area (Å²) in [6.07, 6.45) is 3.70. The second-order valence-electron chi connectivity index (χ2n) is 5.14. The molecule has 0 radical (unpaired) electrons. The van der Waals surface area contributed by atoms with E-state index in [0.717, 1.165) is 16.1 Å². The maximum Gasteiger partial charge on any atom is 0.128 e. The van der Waals surface area contributed by atoms with Crippen LogP contribution in [0.5, 0.6) is 0 Å². The van der Waals surface area contributed by atoms with Gasteiger partial charge in [0.25, 0.3) is 0 Å². The monoisotopic (exact) mass is 355 g/mol. The third-order valence-corrected chi connectivity index (χ3v) is 4.96. The zero-order valence-electron chi connectivity index (χ0n) is 11.1. The smallest absolute Gasteiger partial charge is 0.128 e. The Labute approximate surface area is 130 Å². The van der Waals surface area contributed by atoms with Crippen molar-refractivity contribution in [3.05, 3.63) is 52.3 Å². The van der Waals surface area contributed by atoms with Crippen molar-refractivity contribution in [1.29, 1.82) is 0 Å². The Hall–Kier alpha value is -0.850. The number of fused-ring (bicyclic) bond motifs is 1. The molecule has 106 valence electrons. The molecule has 0 aliphatic carbocycles. The van der Waals surface area contributed by atoms with Crippen LogP contribution in [0.25, 0.3) is 0 Å². The largest absolute Gasteiger partial charge is 0.332 e. The van der Waals surface area contributed by atoms with Crippen molar-refractivity contribution in [2.45, 2.75) is 24.8 Å². The zero-order valence-corrected chi connectivity index (χ0v) is 13.5. The molecule has 1 aromatic heterocycles. The number of halogens is 2. The summed E-state index contributed by atoms with van der Waals surface area (Å²) in [6.45, 7) is 2.70. The van der Waals surface area contributed by atoms with E-state index in [-0.39, 0.29) is 5.82 Å². The molecule has 3 nitrogen and oxygen atoms in total. The van der Waals surface area contributed by atoms with Gasteiger partial charge in [0.05, 0.1) is 11.9 Å². The van der Waals surface area contributed by atoms with Crippen molar-refractivity contribution in [2.24, 2.45) is 0 Å². The number of imidazole rings is 1. The highest BCUT2D eigenvalue weighted by Gasteiger charge is 2.31. The van der Waals surface area contributed by atoms with Crippen LogP contribution in [0.4, 0.5) is 4.39 Å². The molecule has 0 bridgehead atoms. The van der Waals surface area contributed by atoms with E-state index >= 15 is 0 Å². The molecule has 6 heteroatoms. The highest BCUT2D eigenvalue weighted by molar-refractivity contribution is 9.10. The van der Waals surface area contributed by atoms with Gasteiger partial charge in [0, 0.05) is 40.1 Å². The molecule has 1 aliphatic rings. The SMILES string of the molecule is C[C@@]1(c2cc(Br)ccc2F)Cn2cncc2CSCN1. The van der Waals surface area contributed by atoms with Crippen LogP contribution in [-0.4, -0.2) is 15.4 Å². The summed E-state index contributed by atoms with van der Waals surface area (Å²) in [4.78, 5) is 4.21. The third kappa shape index (κ3) is 2.64. The van der Waals surface area contributed by atoms with E-state index < -0.39 is 5.54 Å². The molecule has 1 aromatic carbocycles. The normalized spacial score (nSPS) is 22.9. The second kappa shape index (κ2) is 5.50. The van der Waals surface area contributed by atoms with Gasteiger partial charge in [-0.1, -0.05) is 15.9 Å². The number of thioether (sulfide) groups is 1. The quantitative estimate of drug-likeness (QED) is 0.848. The van der Waals surface area contributed by atoms with Gasteiger partial charge in [0.2, 0.25) is 0 Å². The van der Waals surface area contributed by atoms with Crippen molar-refractivity contribution in [1.82, 2.24) is 14.9 Å². The molecule has 0 saturated heterocycles. The van der Waals surface area contributed by atoms with E-state index in [9.17, 15) is 4.39 Å².